The van der Waals surface area contributed by atoms with Crippen molar-refractivity contribution in [1.82, 2.24) is 0 Å². The molecule has 1 aliphatic heterocycles. The first kappa shape index (κ1) is 10.5. The van der Waals surface area contributed by atoms with Gasteiger partial charge in [-0.15, -0.1) is 0 Å². The number of allylic oxidation sites excluding steroid dienone is 1. The fourth-order valence-electron chi connectivity index (χ4n) is 1.88. The number of hydrogen-bond donors (Lipinski definition) is 2. The maximum atomic E-state index is 11.8. The minimum Gasteiger partial charge on any atom is -0.500 e. The van der Waals surface area contributed by atoms with Crippen LogP contribution < -0.4 is 11.1 Å². The van der Waals surface area contributed by atoms with Gasteiger partial charge in [0.25, 0.3) is 5.91 Å². The van der Waals surface area contributed by atoms with Crippen LogP contribution in [-0.2, 0) is 9.53 Å². The molecule has 3 N–H and O–H groups in total. The zero-order valence-corrected chi connectivity index (χ0v) is 9.33. The van der Waals surface area contributed by atoms with Gasteiger partial charge in [0, 0.05) is 23.4 Å². The Morgan fingerprint density at radius 3 is 2.88 bits per heavy atom. The fourth-order valence-corrected chi connectivity index (χ4v) is 1.88. The lowest BCUT2D eigenvalue weighted by Crippen LogP contribution is -2.06. The minimum absolute atomic E-state index is 0.126. The van der Waals surface area contributed by atoms with Crippen LogP contribution in [0.15, 0.2) is 24.0 Å². The molecule has 1 amide bonds. The Labute approximate surface area is 94.1 Å². The molecule has 1 aromatic rings. The number of rotatable bonds is 2. The van der Waals surface area contributed by atoms with Crippen LogP contribution in [0.3, 0.4) is 0 Å². The summed E-state index contributed by atoms with van der Waals surface area (Å²) in [5, 5.41) is 2.79. The molecular formula is C12H14N2O2. The summed E-state index contributed by atoms with van der Waals surface area (Å²) in [5.41, 5.74) is 8.56. The van der Waals surface area contributed by atoms with Crippen LogP contribution in [0.4, 0.5) is 11.4 Å². The number of fused-ring (bicyclic) bond motifs is 1. The van der Waals surface area contributed by atoms with Gasteiger partial charge in [-0.25, -0.2) is 0 Å². The van der Waals surface area contributed by atoms with Crippen molar-refractivity contribution in [3.05, 3.63) is 29.5 Å². The molecule has 0 radical (unpaired) electrons. The van der Waals surface area contributed by atoms with Gasteiger partial charge in [-0.2, -0.15) is 0 Å². The van der Waals surface area contributed by atoms with Gasteiger partial charge in [-0.1, -0.05) is 6.92 Å². The average molecular weight is 218 g/mol. The van der Waals surface area contributed by atoms with Crippen LogP contribution in [0, 0.1) is 0 Å². The van der Waals surface area contributed by atoms with Gasteiger partial charge < -0.3 is 15.8 Å². The van der Waals surface area contributed by atoms with Crippen molar-refractivity contribution in [3.8, 4) is 0 Å². The van der Waals surface area contributed by atoms with Crippen LogP contribution in [0.25, 0.3) is 5.57 Å². The lowest BCUT2D eigenvalue weighted by atomic mass is 10.0. The van der Waals surface area contributed by atoms with Gasteiger partial charge in [-0.05, 0) is 18.2 Å². The number of carbonyl (C=O) groups is 1. The molecule has 0 atom stereocenters. The Kier molecular flexibility index (Phi) is 2.56. The third-order valence-corrected chi connectivity index (χ3v) is 2.63. The second-order valence-electron chi connectivity index (χ2n) is 3.61. The van der Waals surface area contributed by atoms with Crippen LogP contribution in [0.2, 0.25) is 0 Å². The van der Waals surface area contributed by atoms with E-state index in [-0.39, 0.29) is 5.91 Å². The largest absolute Gasteiger partial charge is 0.500 e. The van der Waals surface area contributed by atoms with E-state index in [0.717, 1.165) is 11.3 Å². The van der Waals surface area contributed by atoms with Gasteiger partial charge >= 0.3 is 0 Å². The molecule has 0 saturated carbocycles. The summed E-state index contributed by atoms with van der Waals surface area (Å²) in [5.74, 6) is 0.557. The molecule has 0 aliphatic carbocycles. The highest BCUT2D eigenvalue weighted by Gasteiger charge is 2.27. The summed E-state index contributed by atoms with van der Waals surface area (Å²) in [6, 6.07) is 5.36. The molecular weight excluding hydrogens is 204 g/mol. The van der Waals surface area contributed by atoms with Gasteiger partial charge in [0.05, 0.1) is 12.7 Å². The van der Waals surface area contributed by atoms with Gasteiger partial charge in [0.15, 0.2) is 0 Å². The normalized spacial score (nSPS) is 16.8. The third kappa shape index (κ3) is 1.52. The number of benzene rings is 1. The minimum atomic E-state index is -0.126. The molecule has 4 heteroatoms. The summed E-state index contributed by atoms with van der Waals surface area (Å²) in [6.45, 7) is 1.95. The third-order valence-electron chi connectivity index (χ3n) is 2.63. The molecule has 84 valence electrons. The van der Waals surface area contributed by atoms with Crippen molar-refractivity contribution < 1.29 is 9.53 Å². The Balaban J connectivity index is 2.62. The molecule has 1 aliphatic rings. The molecule has 4 nitrogen and oxygen atoms in total. The van der Waals surface area contributed by atoms with E-state index in [0.29, 0.717) is 23.4 Å². The summed E-state index contributed by atoms with van der Waals surface area (Å²) in [4.78, 5) is 11.8. The fraction of sp³-hybridized carbons (Fsp3) is 0.250. The molecule has 0 saturated heterocycles. The topological polar surface area (TPSA) is 64.3 Å². The Morgan fingerprint density at radius 1 is 1.50 bits per heavy atom. The second kappa shape index (κ2) is 3.89. The Morgan fingerprint density at radius 2 is 2.25 bits per heavy atom. The van der Waals surface area contributed by atoms with Crippen LogP contribution in [-0.4, -0.2) is 13.0 Å². The van der Waals surface area contributed by atoms with E-state index < -0.39 is 0 Å². The Hall–Kier alpha value is -1.97. The predicted octanol–water partition coefficient (Wildman–Crippen LogP) is 1.99. The lowest BCUT2D eigenvalue weighted by molar-refractivity contribution is -0.111. The number of hydrogen-bond acceptors (Lipinski definition) is 3. The highest BCUT2D eigenvalue weighted by Crippen LogP contribution is 2.35. The van der Waals surface area contributed by atoms with E-state index in [4.69, 9.17) is 10.5 Å². The van der Waals surface area contributed by atoms with E-state index in [9.17, 15) is 4.79 Å². The quantitative estimate of drug-likeness (QED) is 0.453. The highest BCUT2D eigenvalue weighted by atomic mass is 16.5. The zero-order chi connectivity index (χ0) is 11.7. The molecule has 0 bridgehead atoms. The first-order valence-corrected chi connectivity index (χ1v) is 5.15. The number of methoxy groups -OCH3 is 1. The first-order valence-electron chi connectivity index (χ1n) is 5.15. The summed E-state index contributed by atoms with van der Waals surface area (Å²) in [6.07, 6.45) is 0.674. The molecule has 16 heavy (non-hydrogen) atoms. The molecule has 0 aromatic heterocycles. The number of amides is 1. The van der Waals surface area contributed by atoms with E-state index in [1.807, 2.05) is 6.92 Å². The smallest absolute Gasteiger partial charge is 0.259 e. The zero-order valence-electron chi connectivity index (χ0n) is 9.33. The van der Waals surface area contributed by atoms with Crippen molar-refractivity contribution in [2.45, 2.75) is 13.3 Å². The number of anilines is 2. The maximum Gasteiger partial charge on any atom is 0.259 e. The van der Waals surface area contributed by atoms with Crippen LogP contribution >= 0.6 is 0 Å². The summed E-state index contributed by atoms with van der Waals surface area (Å²) < 4.78 is 5.23. The summed E-state index contributed by atoms with van der Waals surface area (Å²) >= 11 is 0. The van der Waals surface area contributed by atoms with Crippen LogP contribution in [0.1, 0.15) is 18.9 Å². The second-order valence-corrected chi connectivity index (χ2v) is 3.61. The number of nitrogen functional groups attached to an aromatic ring is 1. The first-order chi connectivity index (χ1) is 7.67. The van der Waals surface area contributed by atoms with Gasteiger partial charge in [0.1, 0.15) is 5.76 Å². The van der Waals surface area contributed by atoms with Crippen molar-refractivity contribution in [3.63, 3.8) is 0 Å². The number of carbonyl (C=O) groups excluding carboxylic acids is 1. The van der Waals surface area contributed by atoms with Gasteiger partial charge in [-0.3, -0.25) is 4.79 Å². The van der Waals surface area contributed by atoms with E-state index in [1.54, 1.807) is 25.3 Å². The molecule has 0 fully saturated rings. The molecule has 1 aromatic carbocycles. The SMILES string of the molecule is CCC(OC)=C1C(=O)Nc2ccc(N)cc21. The van der Waals surface area contributed by atoms with Gasteiger partial charge in [0.2, 0.25) is 0 Å². The molecule has 2 rings (SSSR count). The van der Waals surface area contributed by atoms with Crippen LogP contribution in [0.5, 0.6) is 0 Å². The number of ether oxygens (including phenoxy) is 1. The van der Waals surface area contributed by atoms with E-state index in [2.05, 4.69) is 5.32 Å². The number of nitrogens with one attached hydrogen (secondary N) is 1. The molecule has 0 spiro atoms. The number of nitrogens with two attached hydrogens (primary N) is 1. The predicted molar refractivity (Wildman–Crippen MR) is 63.7 cm³/mol. The maximum absolute atomic E-state index is 11.8. The van der Waals surface area contributed by atoms with Crippen molar-refractivity contribution >= 4 is 22.9 Å². The highest BCUT2D eigenvalue weighted by molar-refractivity contribution is 6.32. The van der Waals surface area contributed by atoms with Crippen molar-refractivity contribution in [2.75, 3.05) is 18.2 Å². The summed E-state index contributed by atoms with van der Waals surface area (Å²) in [7, 11) is 1.57. The van der Waals surface area contributed by atoms with E-state index in [1.165, 1.54) is 0 Å². The van der Waals surface area contributed by atoms with Crippen molar-refractivity contribution in [1.29, 1.82) is 0 Å². The standard InChI is InChI=1S/C12H14N2O2/c1-3-10(16-2)11-8-6-7(13)4-5-9(8)14-12(11)15/h4-6H,3,13H2,1-2H3,(H,14,15). The Bertz CT molecular complexity index is 472. The van der Waals surface area contributed by atoms with Crippen molar-refractivity contribution in [2.24, 2.45) is 0 Å². The van der Waals surface area contributed by atoms with E-state index >= 15 is 0 Å². The molecule has 1 heterocycles. The monoisotopic (exact) mass is 218 g/mol. The average Bonchev–Trinajstić information content (AvgIpc) is 2.58. The lowest BCUT2D eigenvalue weighted by Gasteiger charge is -2.06. The molecule has 0 unspecified atom stereocenters.